The first-order valence-electron chi connectivity index (χ1n) is 17.3. The first kappa shape index (κ1) is 52.2. The monoisotopic (exact) mass is 944 g/mol. The van der Waals surface area contributed by atoms with Gasteiger partial charge in [-0.15, -0.1) is 12.6 Å². The third-order valence-electron chi connectivity index (χ3n) is 6.84. The number of nitriles is 3. The Hall–Kier alpha value is -6.82. The highest BCUT2D eigenvalue weighted by Gasteiger charge is 2.14. The number of alkyl halides is 1. The van der Waals surface area contributed by atoms with E-state index in [4.69, 9.17) is 26.5 Å². The highest BCUT2D eigenvalue weighted by atomic mass is 79.9. The number of pyridine rings is 2. The molecule has 5 aromatic rings. The molecule has 0 radical (unpaired) electrons. The number of hydrogen-bond donors (Lipinski definition) is 6. The van der Waals surface area contributed by atoms with Crippen LogP contribution in [-0.2, 0) is 19.1 Å². The minimum Gasteiger partial charge on any atom is -0.481 e. The van der Waals surface area contributed by atoms with E-state index >= 15 is 0 Å². The number of nitrogens with one attached hydrogen (secondary N) is 2. The predicted molar refractivity (Wildman–Crippen MR) is 241 cm³/mol. The van der Waals surface area contributed by atoms with E-state index < -0.39 is 17.9 Å². The summed E-state index contributed by atoms with van der Waals surface area (Å²) in [5.74, 6) is -2.73. The molecular weight excluding hydrogens is 909 g/mol. The van der Waals surface area contributed by atoms with Crippen LogP contribution in [0.3, 0.4) is 0 Å². The van der Waals surface area contributed by atoms with E-state index in [9.17, 15) is 34.0 Å². The molecule has 5 rings (SSSR count). The van der Waals surface area contributed by atoms with Gasteiger partial charge in [0.25, 0.3) is 0 Å². The number of aliphatic carboxylic acids is 2. The number of ether oxygens (including phenoxy) is 1. The number of Topliss-reactive ketones (excluding diaryl/α,β-unsaturated/α-hetero) is 1. The lowest BCUT2D eigenvalue weighted by Gasteiger charge is -2.08. The van der Waals surface area contributed by atoms with E-state index in [2.05, 4.69) is 55.5 Å². The van der Waals surface area contributed by atoms with Crippen LogP contribution >= 0.6 is 52.5 Å². The molecule has 0 unspecified atom stereocenters. The Morgan fingerprint density at radius 3 is 1.66 bits per heavy atom. The topological polar surface area (TPSA) is 281 Å². The van der Waals surface area contributed by atoms with Crippen molar-refractivity contribution >= 4 is 81.2 Å². The SMILES string of the molecule is CCOC(=O)CC(=O)c1ccccc1.N#CCC(N)=S.N#Cc1c(-c2ccccc2)cc(=O)[nH]c1S.N#Cc1c(-c2ccccc2)cc(=O)[nH]c1SCC(=O)O.O=C(O)CBr. The van der Waals surface area contributed by atoms with Gasteiger partial charge < -0.3 is 30.7 Å². The van der Waals surface area contributed by atoms with Gasteiger partial charge in [0.05, 0.1) is 51.0 Å². The molecular formula is C42H37BrN6O9S3. The summed E-state index contributed by atoms with van der Waals surface area (Å²) in [4.78, 5) is 70.6. The number of hydrogen-bond acceptors (Lipinski definition) is 13. The van der Waals surface area contributed by atoms with Crippen LogP contribution in [-0.4, -0.2) is 66.6 Å². The van der Waals surface area contributed by atoms with Crippen molar-refractivity contribution in [2.24, 2.45) is 5.73 Å². The maximum atomic E-state index is 11.7. The van der Waals surface area contributed by atoms with Gasteiger partial charge in [0.15, 0.2) is 5.78 Å². The quantitative estimate of drug-likeness (QED) is 0.0152. The molecule has 314 valence electrons. The summed E-state index contributed by atoms with van der Waals surface area (Å²) in [5.41, 5.74) is 8.18. The van der Waals surface area contributed by atoms with Crippen molar-refractivity contribution in [1.29, 1.82) is 15.8 Å². The third-order valence-corrected chi connectivity index (χ3v) is 8.78. The number of nitrogens with zero attached hydrogens (tertiary/aromatic N) is 3. The van der Waals surface area contributed by atoms with Gasteiger partial charge in [-0.25, -0.2) is 0 Å². The number of carbonyl (C=O) groups excluding carboxylic acids is 2. The molecule has 0 bridgehead atoms. The zero-order valence-corrected chi connectivity index (χ0v) is 36.3. The number of rotatable bonds is 11. The van der Waals surface area contributed by atoms with Crippen molar-refractivity contribution in [1.82, 2.24) is 9.97 Å². The largest absolute Gasteiger partial charge is 0.481 e. The van der Waals surface area contributed by atoms with Crippen molar-refractivity contribution in [2.45, 2.75) is 29.8 Å². The highest BCUT2D eigenvalue weighted by molar-refractivity contribution is 9.09. The molecule has 15 nitrogen and oxygen atoms in total. The lowest BCUT2D eigenvalue weighted by molar-refractivity contribution is -0.142. The number of carbonyl (C=O) groups is 4. The van der Waals surface area contributed by atoms with Crippen molar-refractivity contribution in [3.63, 3.8) is 0 Å². The minimum absolute atomic E-state index is 0.0347. The smallest absolute Gasteiger partial charge is 0.314 e. The Kier molecular flexibility index (Phi) is 25.2. The number of aromatic amines is 2. The molecule has 0 saturated heterocycles. The molecule has 0 amide bonds. The van der Waals surface area contributed by atoms with E-state index in [0.29, 0.717) is 33.9 Å². The summed E-state index contributed by atoms with van der Waals surface area (Å²) in [6, 6.07) is 35.7. The van der Waals surface area contributed by atoms with Crippen LogP contribution in [0, 0.1) is 34.0 Å². The van der Waals surface area contributed by atoms with Gasteiger partial charge in [-0.3, -0.25) is 28.8 Å². The summed E-state index contributed by atoms with van der Waals surface area (Å²) in [5, 5.41) is 43.1. The van der Waals surface area contributed by atoms with Crippen molar-refractivity contribution in [3.05, 3.63) is 141 Å². The van der Waals surface area contributed by atoms with Crippen molar-refractivity contribution in [2.75, 3.05) is 17.7 Å². The van der Waals surface area contributed by atoms with E-state index in [-0.39, 0.29) is 56.4 Å². The lowest BCUT2D eigenvalue weighted by Crippen LogP contribution is -2.11. The second-order valence-corrected chi connectivity index (χ2v) is 13.8. The number of aromatic nitrogens is 2. The van der Waals surface area contributed by atoms with Gasteiger partial charge >= 0.3 is 17.9 Å². The summed E-state index contributed by atoms with van der Waals surface area (Å²) in [7, 11) is 0. The highest BCUT2D eigenvalue weighted by Crippen LogP contribution is 2.28. The van der Waals surface area contributed by atoms with Crippen LogP contribution in [0.1, 0.15) is 41.3 Å². The Morgan fingerprint density at radius 1 is 0.803 bits per heavy atom. The molecule has 0 atom stereocenters. The van der Waals surface area contributed by atoms with Crippen LogP contribution in [0.5, 0.6) is 0 Å². The number of ketones is 1. The van der Waals surface area contributed by atoms with Gasteiger partial charge in [-0.2, -0.15) is 15.8 Å². The second-order valence-electron chi connectivity index (χ2n) is 11.3. The predicted octanol–water partition coefficient (Wildman–Crippen LogP) is 6.77. The number of thioether (sulfide) groups is 1. The van der Waals surface area contributed by atoms with Crippen molar-refractivity contribution < 1.29 is 34.1 Å². The molecule has 2 aromatic heterocycles. The van der Waals surface area contributed by atoms with Gasteiger partial charge in [-0.1, -0.05) is 131 Å². The third kappa shape index (κ3) is 20.6. The van der Waals surface area contributed by atoms with Crippen LogP contribution in [0.4, 0.5) is 0 Å². The lowest BCUT2D eigenvalue weighted by atomic mass is 10.0. The molecule has 0 aliphatic rings. The van der Waals surface area contributed by atoms with Crippen LogP contribution in [0.15, 0.2) is 123 Å². The number of H-pyrrole nitrogens is 2. The number of carboxylic acid groups (broad SMARTS) is 2. The van der Waals surface area contributed by atoms with Gasteiger partial charge in [0.1, 0.15) is 23.9 Å². The van der Waals surface area contributed by atoms with Crippen molar-refractivity contribution in [3.8, 4) is 40.5 Å². The Balaban J connectivity index is 0.000000412. The number of thiol groups is 1. The molecule has 0 saturated carbocycles. The maximum absolute atomic E-state index is 11.7. The zero-order chi connectivity index (χ0) is 45.7. The summed E-state index contributed by atoms with van der Waals surface area (Å²) in [6.45, 7) is 2.02. The average molecular weight is 946 g/mol. The first-order chi connectivity index (χ1) is 29.1. The number of halogens is 1. The minimum atomic E-state index is -1.01. The number of carboxylic acids is 2. The fourth-order valence-corrected chi connectivity index (χ4v) is 5.47. The molecule has 3 aromatic carbocycles. The standard InChI is InChI=1S/C14H10N2O3S.C12H8N2OS.C11H12O3.C3H4N2S.C2H3BrO2/c15-7-11-10(9-4-2-1-3-5-9)6-12(17)16-14(11)20-8-13(18)19;13-7-10-9(6-11(15)14-12(10)16)8-4-2-1-3-5-8;1-2-14-11(13)8-10(12)9-6-4-3-5-7-9;4-2-1-3(5)6;3-1-2(4)5/h1-6H,8H2,(H,16,17)(H,18,19);1-6H,(H2,14,15,16);3-7H,2,8H2,1H3;1H2,(H2,5,6);1H2,(H,4,5). The second kappa shape index (κ2) is 29.4. The number of esters is 1. The van der Waals surface area contributed by atoms with E-state index in [0.717, 1.165) is 22.9 Å². The van der Waals surface area contributed by atoms with E-state index in [1.165, 1.54) is 12.1 Å². The normalized spacial score (nSPS) is 9.25. The molecule has 0 aliphatic carbocycles. The van der Waals surface area contributed by atoms with Crippen LogP contribution in [0.2, 0.25) is 0 Å². The number of thiocarbonyl (C=S) groups is 1. The van der Waals surface area contributed by atoms with Crippen LogP contribution in [0.25, 0.3) is 22.3 Å². The fourth-order valence-electron chi connectivity index (χ4n) is 4.39. The molecule has 0 spiro atoms. The first-order valence-corrected chi connectivity index (χ1v) is 20.2. The summed E-state index contributed by atoms with van der Waals surface area (Å²) in [6.07, 6.45) is 0.00713. The molecule has 6 N–H and O–H groups in total. The van der Waals surface area contributed by atoms with E-state index in [1.807, 2.05) is 66.7 Å². The molecule has 0 fully saturated rings. The van der Waals surface area contributed by atoms with E-state index in [1.54, 1.807) is 49.4 Å². The number of nitrogens with two attached hydrogens (primary N) is 1. The fraction of sp³-hybridized carbons (Fsp3) is 0.143. The van der Waals surface area contributed by atoms with Crippen LogP contribution < -0.4 is 16.9 Å². The number of benzene rings is 3. The molecule has 61 heavy (non-hydrogen) atoms. The maximum Gasteiger partial charge on any atom is 0.314 e. The van der Waals surface area contributed by atoms with Gasteiger partial charge in [-0.05, 0) is 18.1 Å². The summed E-state index contributed by atoms with van der Waals surface area (Å²) < 4.78 is 4.67. The summed E-state index contributed by atoms with van der Waals surface area (Å²) >= 11 is 12.1. The zero-order valence-electron chi connectivity index (χ0n) is 32.2. The molecule has 0 aliphatic heterocycles. The van der Waals surface area contributed by atoms with Gasteiger partial charge in [0.2, 0.25) is 11.1 Å². The van der Waals surface area contributed by atoms with Gasteiger partial charge in [0, 0.05) is 28.8 Å². The Labute approximate surface area is 373 Å². The molecule has 19 heteroatoms. The Bertz CT molecular complexity index is 2500. The average Bonchev–Trinajstić information content (AvgIpc) is 3.24. The Morgan fingerprint density at radius 2 is 1.26 bits per heavy atom. The molecule has 2 heterocycles.